The number of halogens is 1. The van der Waals surface area contributed by atoms with E-state index in [-0.39, 0.29) is 0 Å². The molecule has 0 aliphatic carbocycles. The number of para-hydroxylation sites is 3. The van der Waals surface area contributed by atoms with Gasteiger partial charge in [-0.3, -0.25) is 0 Å². The van der Waals surface area contributed by atoms with E-state index in [0.717, 1.165) is 15.8 Å². The Morgan fingerprint density at radius 1 is 0.291 bits per heavy atom. The van der Waals surface area contributed by atoms with Gasteiger partial charge in [0.15, 0.2) is 0 Å². The number of benzene rings is 9. The topological polar surface area (TPSA) is 9.86 Å². The Morgan fingerprint density at radius 3 is 1.56 bits per heavy atom. The highest BCUT2D eigenvalue weighted by Crippen LogP contribution is 2.41. The molecular formula is C52H33BrN2. The molecule has 0 aliphatic heterocycles. The van der Waals surface area contributed by atoms with E-state index in [1.807, 2.05) is 0 Å². The van der Waals surface area contributed by atoms with Crippen molar-refractivity contribution in [1.29, 1.82) is 0 Å². The molecule has 0 aliphatic rings. The van der Waals surface area contributed by atoms with Crippen LogP contribution in [0.1, 0.15) is 0 Å². The van der Waals surface area contributed by atoms with E-state index in [2.05, 4.69) is 225 Å². The standard InChI is InChI=1S/C52H33BrN2/c53-41-24-19-34(20-25-41)38-29-39(36-23-28-50-48(32-36)45-17-9-10-18-49(45)54(50)42-12-3-1-4-13-42)31-40(30-38)37-22-26-46-47-27-21-35-11-7-8-16-44(35)52(47)55(51(46)33-37)43-14-5-2-6-15-43/h1-33H. The molecule has 9 aromatic carbocycles. The van der Waals surface area contributed by atoms with Crippen LogP contribution in [0.3, 0.4) is 0 Å². The zero-order chi connectivity index (χ0) is 36.5. The molecule has 0 unspecified atom stereocenters. The summed E-state index contributed by atoms with van der Waals surface area (Å²) in [6.07, 6.45) is 0. The van der Waals surface area contributed by atoms with Gasteiger partial charge in [0.05, 0.1) is 22.1 Å². The van der Waals surface area contributed by atoms with Crippen LogP contribution in [-0.4, -0.2) is 9.13 Å². The first-order chi connectivity index (χ1) is 27.2. The van der Waals surface area contributed by atoms with Gasteiger partial charge < -0.3 is 9.13 Å². The number of fused-ring (bicyclic) bond motifs is 8. The first kappa shape index (κ1) is 31.8. The monoisotopic (exact) mass is 764 g/mol. The zero-order valence-electron chi connectivity index (χ0n) is 29.8. The Balaban J connectivity index is 1.15. The molecule has 0 amide bonds. The second-order valence-corrected chi connectivity index (χ2v) is 15.2. The van der Waals surface area contributed by atoms with Crippen LogP contribution in [0, 0.1) is 0 Å². The van der Waals surface area contributed by atoms with Gasteiger partial charge in [0, 0.05) is 42.8 Å². The Kier molecular flexibility index (Phi) is 7.36. The minimum atomic E-state index is 1.07. The van der Waals surface area contributed by atoms with E-state index in [4.69, 9.17) is 0 Å². The average molecular weight is 766 g/mol. The van der Waals surface area contributed by atoms with Crippen molar-refractivity contribution in [2.45, 2.75) is 0 Å². The Bertz CT molecular complexity index is 3240. The number of aromatic nitrogens is 2. The lowest BCUT2D eigenvalue weighted by Crippen LogP contribution is -1.94. The van der Waals surface area contributed by atoms with Gasteiger partial charge in [0.1, 0.15) is 0 Å². The van der Waals surface area contributed by atoms with E-state index in [0.29, 0.717) is 0 Å². The molecule has 0 atom stereocenters. The molecule has 2 aromatic heterocycles. The molecule has 55 heavy (non-hydrogen) atoms. The Labute approximate surface area is 327 Å². The Morgan fingerprint density at radius 2 is 0.818 bits per heavy atom. The minimum Gasteiger partial charge on any atom is -0.309 e. The van der Waals surface area contributed by atoms with Crippen molar-refractivity contribution in [2.24, 2.45) is 0 Å². The maximum absolute atomic E-state index is 3.66. The number of hydrogen-bond acceptors (Lipinski definition) is 0. The van der Waals surface area contributed by atoms with E-state index in [1.165, 1.54) is 87.8 Å². The third-order valence-corrected chi connectivity index (χ3v) is 11.7. The lowest BCUT2D eigenvalue weighted by atomic mass is 9.92. The van der Waals surface area contributed by atoms with Gasteiger partial charge in [-0.05, 0) is 118 Å². The number of rotatable bonds is 5. The maximum atomic E-state index is 3.66. The highest BCUT2D eigenvalue weighted by molar-refractivity contribution is 9.10. The van der Waals surface area contributed by atoms with Crippen molar-refractivity contribution >= 4 is 70.3 Å². The normalized spacial score (nSPS) is 11.7. The van der Waals surface area contributed by atoms with Crippen LogP contribution in [-0.2, 0) is 0 Å². The van der Waals surface area contributed by atoms with Crippen molar-refractivity contribution in [2.75, 3.05) is 0 Å². The molecule has 258 valence electrons. The van der Waals surface area contributed by atoms with E-state index in [1.54, 1.807) is 0 Å². The van der Waals surface area contributed by atoms with Gasteiger partial charge in [-0.25, -0.2) is 0 Å². The highest BCUT2D eigenvalue weighted by atomic mass is 79.9. The first-order valence-corrected chi connectivity index (χ1v) is 19.5. The summed E-state index contributed by atoms with van der Waals surface area (Å²) in [6, 6.07) is 73.1. The molecule has 11 rings (SSSR count). The van der Waals surface area contributed by atoms with Crippen LogP contribution < -0.4 is 0 Å². The second kappa shape index (κ2) is 12.7. The minimum absolute atomic E-state index is 1.07. The van der Waals surface area contributed by atoms with Crippen LogP contribution in [0.4, 0.5) is 0 Å². The molecule has 0 fully saturated rings. The summed E-state index contributed by atoms with van der Waals surface area (Å²) >= 11 is 3.66. The molecule has 0 saturated heterocycles. The molecule has 3 heteroatoms. The predicted octanol–water partition coefficient (Wildman–Crippen LogP) is 14.8. The molecule has 0 N–H and O–H groups in total. The summed E-state index contributed by atoms with van der Waals surface area (Å²) in [7, 11) is 0. The lowest BCUT2D eigenvalue weighted by molar-refractivity contribution is 1.18. The van der Waals surface area contributed by atoms with Crippen molar-refractivity contribution in [3.8, 4) is 44.8 Å². The van der Waals surface area contributed by atoms with Crippen molar-refractivity contribution < 1.29 is 0 Å². The van der Waals surface area contributed by atoms with E-state index in [9.17, 15) is 0 Å². The summed E-state index contributed by atoms with van der Waals surface area (Å²) in [5, 5.41) is 7.50. The predicted molar refractivity (Wildman–Crippen MR) is 237 cm³/mol. The van der Waals surface area contributed by atoms with Gasteiger partial charge in [0.25, 0.3) is 0 Å². The molecule has 2 heterocycles. The second-order valence-electron chi connectivity index (χ2n) is 14.3. The average Bonchev–Trinajstić information content (AvgIpc) is 3.77. The van der Waals surface area contributed by atoms with Crippen LogP contribution in [0.15, 0.2) is 205 Å². The summed E-state index contributed by atoms with van der Waals surface area (Å²) < 4.78 is 5.90. The largest absolute Gasteiger partial charge is 0.309 e. The van der Waals surface area contributed by atoms with Crippen molar-refractivity contribution in [1.82, 2.24) is 9.13 Å². The van der Waals surface area contributed by atoms with Crippen LogP contribution in [0.2, 0.25) is 0 Å². The maximum Gasteiger partial charge on any atom is 0.0619 e. The molecule has 0 radical (unpaired) electrons. The van der Waals surface area contributed by atoms with Crippen LogP contribution in [0.25, 0.3) is 99.1 Å². The third kappa shape index (κ3) is 5.23. The van der Waals surface area contributed by atoms with Gasteiger partial charge in [-0.15, -0.1) is 0 Å². The highest BCUT2D eigenvalue weighted by Gasteiger charge is 2.18. The van der Waals surface area contributed by atoms with Crippen LogP contribution >= 0.6 is 15.9 Å². The third-order valence-electron chi connectivity index (χ3n) is 11.1. The first-order valence-electron chi connectivity index (χ1n) is 18.7. The van der Waals surface area contributed by atoms with E-state index >= 15 is 0 Å². The molecule has 0 saturated carbocycles. The SMILES string of the molecule is Brc1ccc(-c2cc(-c3ccc4c(c3)c3ccccc3n4-c3ccccc3)cc(-c3ccc4c5ccc6ccccc6c5n(-c5ccccc5)c4c3)c2)cc1. The van der Waals surface area contributed by atoms with Gasteiger partial charge in [-0.2, -0.15) is 0 Å². The summed E-state index contributed by atoms with van der Waals surface area (Å²) in [5.74, 6) is 0. The summed E-state index contributed by atoms with van der Waals surface area (Å²) in [5.41, 5.74) is 14.3. The fourth-order valence-corrected chi connectivity index (χ4v) is 8.85. The molecule has 2 nitrogen and oxygen atoms in total. The van der Waals surface area contributed by atoms with Crippen LogP contribution in [0.5, 0.6) is 0 Å². The number of hydrogen-bond donors (Lipinski definition) is 0. The fraction of sp³-hybridized carbons (Fsp3) is 0. The Hall–Kier alpha value is -6.68. The van der Waals surface area contributed by atoms with Gasteiger partial charge >= 0.3 is 0 Å². The number of nitrogens with zero attached hydrogens (tertiary/aromatic N) is 2. The quantitative estimate of drug-likeness (QED) is 0.165. The summed E-state index contributed by atoms with van der Waals surface area (Å²) in [4.78, 5) is 0. The molecule has 0 bridgehead atoms. The van der Waals surface area contributed by atoms with Crippen molar-refractivity contribution in [3.05, 3.63) is 205 Å². The van der Waals surface area contributed by atoms with Gasteiger partial charge in [-0.1, -0.05) is 137 Å². The van der Waals surface area contributed by atoms with E-state index < -0.39 is 0 Å². The van der Waals surface area contributed by atoms with Gasteiger partial charge in [0.2, 0.25) is 0 Å². The zero-order valence-corrected chi connectivity index (χ0v) is 31.4. The lowest BCUT2D eigenvalue weighted by Gasteiger charge is -2.13. The molecular weight excluding hydrogens is 732 g/mol. The fourth-order valence-electron chi connectivity index (χ4n) is 8.58. The molecule has 11 aromatic rings. The van der Waals surface area contributed by atoms with Crippen molar-refractivity contribution in [3.63, 3.8) is 0 Å². The summed E-state index contributed by atoms with van der Waals surface area (Å²) in [6.45, 7) is 0. The molecule has 0 spiro atoms. The smallest absolute Gasteiger partial charge is 0.0619 e.